The molecule has 2 heteroatoms. The zero-order valence-corrected chi connectivity index (χ0v) is 11.4. The summed E-state index contributed by atoms with van der Waals surface area (Å²) in [7, 11) is 0. The van der Waals surface area contributed by atoms with Crippen LogP contribution in [0.2, 0.25) is 0 Å². The zero-order valence-electron chi connectivity index (χ0n) is 11.4. The van der Waals surface area contributed by atoms with Crippen LogP contribution < -0.4 is 5.32 Å². The molecule has 2 nitrogen and oxygen atoms in total. The summed E-state index contributed by atoms with van der Waals surface area (Å²) in [6.45, 7) is 8.56. The van der Waals surface area contributed by atoms with Crippen LogP contribution in [0.15, 0.2) is 24.3 Å². The van der Waals surface area contributed by atoms with Crippen LogP contribution in [0.4, 0.5) is 0 Å². The number of rotatable bonds is 3. The van der Waals surface area contributed by atoms with E-state index in [0.29, 0.717) is 0 Å². The van der Waals surface area contributed by atoms with Crippen molar-refractivity contribution in [3.8, 4) is 0 Å². The molecular weight excluding hydrogens is 220 g/mol. The molecule has 1 saturated heterocycles. The van der Waals surface area contributed by atoms with E-state index in [-0.39, 0.29) is 0 Å². The van der Waals surface area contributed by atoms with Crippen molar-refractivity contribution in [1.82, 2.24) is 10.2 Å². The lowest BCUT2D eigenvalue weighted by Crippen LogP contribution is -2.48. The highest BCUT2D eigenvalue weighted by Gasteiger charge is 2.25. The summed E-state index contributed by atoms with van der Waals surface area (Å²) in [5.74, 6) is 1.74. The van der Waals surface area contributed by atoms with E-state index in [1.54, 1.807) is 11.1 Å². The Hall–Kier alpha value is -0.860. The molecule has 2 heterocycles. The van der Waals surface area contributed by atoms with E-state index in [2.05, 4.69) is 41.4 Å². The summed E-state index contributed by atoms with van der Waals surface area (Å²) >= 11 is 0. The molecular formula is C16H24N2. The second kappa shape index (κ2) is 5.41. The van der Waals surface area contributed by atoms with Crippen LogP contribution in [0.3, 0.4) is 0 Å². The molecule has 98 valence electrons. The van der Waals surface area contributed by atoms with Crippen molar-refractivity contribution in [3.63, 3.8) is 0 Å². The Morgan fingerprint density at radius 2 is 2.06 bits per heavy atom. The van der Waals surface area contributed by atoms with Crippen LogP contribution in [-0.2, 0) is 13.0 Å². The van der Waals surface area contributed by atoms with Crippen molar-refractivity contribution in [1.29, 1.82) is 0 Å². The predicted octanol–water partition coefficient (Wildman–Crippen LogP) is 2.29. The lowest BCUT2D eigenvalue weighted by atomic mass is 9.88. The van der Waals surface area contributed by atoms with E-state index >= 15 is 0 Å². The highest BCUT2D eigenvalue weighted by atomic mass is 15.1. The number of aryl methyl sites for hydroxylation is 1. The summed E-state index contributed by atoms with van der Waals surface area (Å²) in [6.07, 6.45) is 2.57. The molecule has 2 aliphatic heterocycles. The van der Waals surface area contributed by atoms with E-state index in [4.69, 9.17) is 0 Å². The molecule has 0 spiro atoms. The van der Waals surface area contributed by atoms with E-state index in [9.17, 15) is 0 Å². The lowest BCUT2D eigenvalue weighted by molar-refractivity contribution is 0.162. The molecule has 0 saturated carbocycles. The van der Waals surface area contributed by atoms with Crippen LogP contribution in [0.25, 0.3) is 0 Å². The topological polar surface area (TPSA) is 15.3 Å². The van der Waals surface area contributed by atoms with E-state index in [1.165, 1.54) is 39.0 Å². The number of hydrogen-bond donors (Lipinski definition) is 1. The number of nitrogens with one attached hydrogen (secondary N) is 1. The Balaban J connectivity index is 1.63. The largest absolute Gasteiger partial charge is 0.316 e. The molecule has 1 unspecified atom stereocenters. The van der Waals surface area contributed by atoms with Crippen molar-refractivity contribution in [2.24, 2.45) is 11.8 Å². The smallest absolute Gasteiger partial charge is 0.0236 e. The summed E-state index contributed by atoms with van der Waals surface area (Å²) in [4.78, 5) is 2.66. The van der Waals surface area contributed by atoms with Gasteiger partial charge in [0.05, 0.1) is 0 Å². The maximum absolute atomic E-state index is 3.39. The maximum Gasteiger partial charge on any atom is 0.0236 e. The first-order valence-electron chi connectivity index (χ1n) is 7.33. The van der Waals surface area contributed by atoms with Crippen LogP contribution in [-0.4, -0.2) is 31.1 Å². The normalized spacial score (nSPS) is 22.9. The Morgan fingerprint density at radius 1 is 1.28 bits per heavy atom. The molecule has 0 radical (unpaired) electrons. The van der Waals surface area contributed by atoms with Crippen molar-refractivity contribution >= 4 is 0 Å². The lowest BCUT2D eigenvalue weighted by Gasteiger charge is -2.35. The highest BCUT2D eigenvalue weighted by molar-refractivity contribution is 5.28. The second-order valence-electron chi connectivity index (χ2n) is 6.00. The highest BCUT2D eigenvalue weighted by Crippen LogP contribution is 2.22. The van der Waals surface area contributed by atoms with Crippen LogP contribution in [0.1, 0.15) is 24.5 Å². The van der Waals surface area contributed by atoms with Gasteiger partial charge in [-0.25, -0.2) is 0 Å². The van der Waals surface area contributed by atoms with Gasteiger partial charge in [-0.05, 0) is 55.4 Å². The van der Waals surface area contributed by atoms with Gasteiger partial charge in [0.2, 0.25) is 0 Å². The first-order valence-corrected chi connectivity index (χ1v) is 7.33. The van der Waals surface area contributed by atoms with Gasteiger partial charge in [-0.2, -0.15) is 0 Å². The fraction of sp³-hybridized carbons (Fsp3) is 0.625. The van der Waals surface area contributed by atoms with Crippen molar-refractivity contribution in [2.75, 3.05) is 26.2 Å². The molecule has 2 aliphatic rings. The Labute approximate surface area is 110 Å². The molecule has 1 aromatic carbocycles. The molecule has 3 rings (SSSR count). The molecule has 0 amide bonds. The van der Waals surface area contributed by atoms with Crippen LogP contribution in [0, 0.1) is 11.8 Å². The third kappa shape index (κ3) is 2.60. The molecule has 18 heavy (non-hydrogen) atoms. The third-order valence-electron chi connectivity index (χ3n) is 4.60. The van der Waals surface area contributed by atoms with Gasteiger partial charge in [0.15, 0.2) is 0 Å². The van der Waals surface area contributed by atoms with Crippen LogP contribution in [0.5, 0.6) is 0 Å². The fourth-order valence-corrected chi connectivity index (χ4v) is 3.19. The van der Waals surface area contributed by atoms with Gasteiger partial charge in [-0.15, -0.1) is 0 Å². The van der Waals surface area contributed by atoms with Crippen molar-refractivity contribution in [2.45, 2.75) is 26.3 Å². The summed E-state index contributed by atoms with van der Waals surface area (Å²) in [5, 5.41) is 3.39. The maximum atomic E-state index is 3.39. The number of hydrogen-bond acceptors (Lipinski definition) is 2. The Kier molecular flexibility index (Phi) is 3.67. The van der Waals surface area contributed by atoms with E-state index in [1.807, 2.05) is 0 Å². The monoisotopic (exact) mass is 244 g/mol. The average molecular weight is 244 g/mol. The molecule has 0 aliphatic carbocycles. The molecule has 0 bridgehead atoms. The van der Waals surface area contributed by atoms with Gasteiger partial charge in [0, 0.05) is 13.1 Å². The first kappa shape index (κ1) is 12.2. The van der Waals surface area contributed by atoms with Gasteiger partial charge in [-0.3, -0.25) is 4.90 Å². The SMILES string of the molecule is CC(CN1CCCc2ccccc2C1)C1CNC1. The zero-order chi connectivity index (χ0) is 12.4. The minimum Gasteiger partial charge on any atom is -0.316 e. The van der Waals surface area contributed by atoms with E-state index in [0.717, 1.165) is 18.4 Å². The van der Waals surface area contributed by atoms with Gasteiger partial charge in [-0.1, -0.05) is 31.2 Å². The minimum absolute atomic E-state index is 0.830. The van der Waals surface area contributed by atoms with E-state index < -0.39 is 0 Å². The molecule has 0 aromatic heterocycles. The number of fused-ring (bicyclic) bond motifs is 1. The minimum atomic E-state index is 0.830. The predicted molar refractivity (Wildman–Crippen MR) is 75.6 cm³/mol. The molecule has 1 atom stereocenters. The third-order valence-corrected chi connectivity index (χ3v) is 4.60. The van der Waals surface area contributed by atoms with Gasteiger partial charge in [0.1, 0.15) is 0 Å². The Bertz CT molecular complexity index is 398. The number of benzene rings is 1. The van der Waals surface area contributed by atoms with Crippen LogP contribution >= 0.6 is 0 Å². The van der Waals surface area contributed by atoms with Gasteiger partial charge in [0.25, 0.3) is 0 Å². The summed E-state index contributed by atoms with van der Waals surface area (Å²) in [6, 6.07) is 8.97. The fourth-order valence-electron chi connectivity index (χ4n) is 3.19. The molecule has 1 aromatic rings. The number of nitrogens with zero attached hydrogens (tertiary/aromatic N) is 1. The summed E-state index contributed by atoms with van der Waals surface area (Å²) in [5.41, 5.74) is 3.12. The Morgan fingerprint density at radius 3 is 2.78 bits per heavy atom. The molecule has 1 fully saturated rings. The average Bonchev–Trinajstić information content (AvgIpc) is 2.47. The van der Waals surface area contributed by atoms with Gasteiger partial charge >= 0.3 is 0 Å². The summed E-state index contributed by atoms with van der Waals surface area (Å²) < 4.78 is 0. The first-order chi connectivity index (χ1) is 8.83. The van der Waals surface area contributed by atoms with Crippen molar-refractivity contribution < 1.29 is 0 Å². The molecule has 1 N–H and O–H groups in total. The second-order valence-corrected chi connectivity index (χ2v) is 6.00. The quantitative estimate of drug-likeness (QED) is 0.877. The van der Waals surface area contributed by atoms with Gasteiger partial charge < -0.3 is 5.32 Å². The van der Waals surface area contributed by atoms with Crippen molar-refractivity contribution in [3.05, 3.63) is 35.4 Å². The standard InChI is InChI=1S/C16H24N2/c1-13(16-9-17-10-16)11-18-8-4-7-14-5-2-3-6-15(14)12-18/h2-3,5-6,13,16-17H,4,7-12H2,1H3.